The molecular formula is C10H17N3O3. The first-order chi connectivity index (χ1) is 7.48. The summed E-state index contributed by atoms with van der Waals surface area (Å²) in [6.45, 7) is 2.76. The monoisotopic (exact) mass is 227 g/mol. The molecule has 90 valence electrons. The minimum atomic E-state index is -0.930. The van der Waals surface area contributed by atoms with Crippen LogP contribution >= 0.6 is 0 Å². The van der Waals surface area contributed by atoms with E-state index >= 15 is 0 Å². The third-order valence-corrected chi connectivity index (χ3v) is 3.44. The lowest BCUT2D eigenvalue weighted by Crippen LogP contribution is -2.75. The zero-order valence-electron chi connectivity index (χ0n) is 9.27. The number of likely N-dealkylation sites (tertiary alicyclic amines) is 1. The maximum atomic E-state index is 12.0. The molecule has 2 aliphatic rings. The molecule has 0 aromatic carbocycles. The highest BCUT2D eigenvalue weighted by molar-refractivity contribution is 5.97. The SMILES string of the molecule is CC(O)C(C(N)=O)N1CC2(CCCN2)C1=O. The minimum Gasteiger partial charge on any atom is -0.391 e. The lowest BCUT2D eigenvalue weighted by Gasteiger charge is -2.50. The van der Waals surface area contributed by atoms with E-state index in [1.165, 1.54) is 11.8 Å². The molecule has 1 spiro atoms. The van der Waals surface area contributed by atoms with E-state index in [0.29, 0.717) is 6.54 Å². The second-order valence-electron chi connectivity index (χ2n) is 4.63. The molecule has 2 saturated heterocycles. The van der Waals surface area contributed by atoms with Gasteiger partial charge in [0.25, 0.3) is 0 Å². The first-order valence-electron chi connectivity index (χ1n) is 5.51. The van der Waals surface area contributed by atoms with E-state index in [1.807, 2.05) is 0 Å². The molecule has 0 radical (unpaired) electrons. The number of carbonyl (C=O) groups excluding carboxylic acids is 2. The summed E-state index contributed by atoms with van der Waals surface area (Å²) in [5, 5.41) is 12.6. The van der Waals surface area contributed by atoms with Crippen molar-refractivity contribution in [1.29, 1.82) is 0 Å². The van der Waals surface area contributed by atoms with Crippen LogP contribution in [0.5, 0.6) is 0 Å². The van der Waals surface area contributed by atoms with E-state index in [1.54, 1.807) is 0 Å². The first kappa shape index (κ1) is 11.3. The number of β-lactam (4-membered cyclic amide) rings is 1. The van der Waals surface area contributed by atoms with Crippen molar-refractivity contribution in [2.75, 3.05) is 13.1 Å². The molecule has 6 nitrogen and oxygen atoms in total. The molecule has 0 aliphatic carbocycles. The summed E-state index contributed by atoms with van der Waals surface area (Å²) in [5.41, 5.74) is 4.70. The van der Waals surface area contributed by atoms with Crippen LogP contribution < -0.4 is 11.1 Å². The number of aliphatic hydroxyl groups excluding tert-OH is 1. The van der Waals surface area contributed by atoms with Gasteiger partial charge in [-0.1, -0.05) is 0 Å². The normalized spacial score (nSPS) is 32.6. The lowest BCUT2D eigenvalue weighted by molar-refractivity contribution is -0.163. The molecule has 2 heterocycles. The fourth-order valence-corrected chi connectivity index (χ4v) is 2.61. The summed E-state index contributed by atoms with van der Waals surface area (Å²) in [4.78, 5) is 24.5. The van der Waals surface area contributed by atoms with Crippen LogP contribution in [0.15, 0.2) is 0 Å². The molecule has 0 bridgehead atoms. The molecule has 16 heavy (non-hydrogen) atoms. The number of rotatable bonds is 3. The first-order valence-corrected chi connectivity index (χ1v) is 5.51. The predicted molar refractivity (Wildman–Crippen MR) is 56.3 cm³/mol. The zero-order valence-corrected chi connectivity index (χ0v) is 9.27. The highest BCUT2D eigenvalue weighted by Gasteiger charge is 2.56. The summed E-state index contributed by atoms with van der Waals surface area (Å²) in [6, 6.07) is -0.902. The number of carbonyl (C=O) groups is 2. The Kier molecular flexibility index (Phi) is 2.63. The van der Waals surface area contributed by atoms with E-state index in [0.717, 1.165) is 19.4 Å². The summed E-state index contributed by atoms with van der Waals surface area (Å²) in [5.74, 6) is -0.772. The Morgan fingerprint density at radius 1 is 1.69 bits per heavy atom. The summed E-state index contributed by atoms with van der Waals surface area (Å²) in [7, 11) is 0. The van der Waals surface area contributed by atoms with Crippen LogP contribution in [-0.4, -0.2) is 52.6 Å². The van der Waals surface area contributed by atoms with Crippen LogP contribution in [-0.2, 0) is 9.59 Å². The summed E-state index contributed by atoms with van der Waals surface area (Å²) in [6.07, 6.45) is 0.837. The van der Waals surface area contributed by atoms with Crippen molar-refractivity contribution in [1.82, 2.24) is 10.2 Å². The number of nitrogens with two attached hydrogens (primary N) is 1. The molecular weight excluding hydrogens is 210 g/mol. The van der Waals surface area contributed by atoms with Crippen molar-refractivity contribution in [3.8, 4) is 0 Å². The summed E-state index contributed by atoms with van der Waals surface area (Å²) < 4.78 is 0. The van der Waals surface area contributed by atoms with E-state index in [4.69, 9.17) is 5.73 Å². The van der Waals surface area contributed by atoms with Crippen molar-refractivity contribution in [3.63, 3.8) is 0 Å². The molecule has 2 fully saturated rings. The number of nitrogens with zero attached hydrogens (tertiary/aromatic N) is 1. The van der Waals surface area contributed by atoms with Crippen LogP contribution in [0.3, 0.4) is 0 Å². The van der Waals surface area contributed by atoms with Crippen LogP contribution in [0, 0.1) is 0 Å². The van der Waals surface area contributed by atoms with E-state index in [2.05, 4.69) is 5.32 Å². The average Bonchev–Trinajstić information content (AvgIpc) is 2.67. The Hall–Kier alpha value is -1.14. The van der Waals surface area contributed by atoms with Gasteiger partial charge < -0.3 is 21.1 Å². The molecule has 6 heteroatoms. The molecule has 3 atom stereocenters. The second kappa shape index (κ2) is 3.71. The number of primary amides is 1. The van der Waals surface area contributed by atoms with Gasteiger partial charge in [-0.25, -0.2) is 0 Å². The molecule has 2 aliphatic heterocycles. The van der Waals surface area contributed by atoms with Gasteiger partial charge in [0.2, 0.25) is 11.8 Å². The zero-order chi connectivity index (χ0) is 11.9. The van der Waals surface area contributed by atoms with Crippen molar-refractivity contribution in [2.24, 2.45) is 5.73 Å². The van der Waals surface area contributed by atoms with Crippen LogP contribution in [0.25, 0.3) is 0 Å². The van der Waals surface area contributed by atoms with Gasteiger partial charge in [-0.05, 0) is 26.3 Å². The lowest BCUT2D eigenvalue weighted by atomic mass is 9.84. The number of hydrogen-bond donors (Lipinski definition) is 3. The quantitative estimate of drug-likeness (QED) is 0.495. The third kappa shape index (κ3) is 1.49. The van der Waals surface area contributed by atoms with Crippen molar-refractivity contribution in [2.45, 2.75) is 37.5 Å². The second-order valence-corrected chi connectivity index (χ2v) is 4.63. The maximum absolute atomic E-state index is 12.0. The van der Waals surface area contributed by atoms with Gasteiger partial charge in [0.05, 0.1) is 6.10 Å². The fourth-order valence-electron chi connectivity index (χ4n) is 2.61. The Morgan fingerprint density at radius 3 is 2.75 bits per heavy atom. The van der Waals surface area contributed by atoms with Crippen molar-refractivity contribution < 1.29 is 14.7 Å². The number of aliphatic hydroxyl groups is 1. The third-order valence-electron chi connectivity index (χ3n) is 3.44. The van der Waals surface area contributed by atoms with Gasteiger partial charge in [0.1, 0.15) is 11.6 Å². The fraction of sp³-hybridized carbons (Fsp3) is 0.800. The molecule has 0 aromatic rings. The van der Waals surface area contributed by atoms with Crippen molar-refractivity contribution in [3.05, 3.63) is 0 Å². The Morgan fingerprint density at radius 2 is 2.38 bits per heavy atom. The Bertz CT molecular complexity index is 323. The standard InChI is InChI=1S/C10H17N3O3/c1-6(14)7(8(11)15)13-5-10(9(13)16)3-2-4-12-10/h6-7,12,14H,2-5H2,1H3,(H2,11,15). The van der Waals surface area contributed by atoms with E-state index < -0.39 is 23.6 Å². The number of nitrogens with one attached hydrogen (secondary N) is 1. The van der Waals surface area contributed by atoms with E-state index in [-0.39, 0.29) is 5.91 Å². The number of hydrogen-bond acceptors (Lipinski definition) is 4. The highest BCUT2D eigenvalue weighted by Crippen LogP contribution is 2.33. The van der Waals surface area contributed by atoms with Gasteiger partial charge in [0.15, 0.2) is 0 Å². The predicted octanol–water partition coefficient (Wildman–Crippen LogP) is -1.81. The molecule has 4 N–H and O–H groups in total. The smallest absolute Gasteiger partial charge is 0.245 e. The Balaban J connectivity index is 2.08. The Labute approximate surface area is 93.8 Å². The highest BCUT2D eigenvalue weighted by atomic mass is 16.3. The van der Waals surface area contributed by atoms with Crippen LogP contribution in [0.1, 0.15) is 19.8 Å². The average molecular weight is 227 g/mol. The van der Waals surface area contributed by atoms with Gasteiger partial charge in [0, 0.05) is 6.54 Å². The number of amides is 2. The minimum absolute atomic E-state index is 0.116. The largest absolute Gasteiger partial charge is 0.391 e. The summed E-state index contributed by atoms with van der Waals surface area (Å²) >= 11 is 0. The van der Waals surface area contributed by atoms with Crippen LogP contribution in [0.4, 0.5) is 0 Å². The van der Waals surface area contributed by atoms with Crippen molar-refractivity contribution >= 4 is 11.8 Å². The van der Waals surface area contributed by atoms with E-state index in [9.17, 15) is 14.7 Å². The molecule has 3 unspecified atom stereocenters. The van der Waals surface area contributed by atoms with Gasteiger partial charge >= 0.3 is 0 Å². The van der Waals surface area contributed by atoms with Gasteiger partial charge in [-0.3, -0.25) is 9.59 Å². The molecule has 2 amide bonds. The van der Waals surface area contributed by atoms with Crippen LogP contribution in [0.2, 0.25) is 0 Å². The molecule has 0 saturated carbocycles. The van der Waals surface area contributed by atoms with Gasteiger partial charge in [-0.15, -0.1) is 0 Å². The van der Waals surface area contributed by atoms with Gasteiger partial charge in [-0.2, -0.15) is 0 Å². The molecule has 2 rings (SSSR count). The topological polar surface area (TPSA) is 95.7 Å². The maximum Gasteiger partial charge on any atom is 0.245 e. The molecule has 0 aromatic heterocycles.